The Balaban J connectivity index is 1.68. The summed E-state index contributed by atoms with van der Waals surface area (Å²) in [5.41, 5.74) is 5.02. The molecule has 4 nitrogen and oxygen atoms in total. The van der Waals surface area contributed by atoms with Crippen molar-refractivity contribution in [3.8, 4) is 0 Å². The fourth-order valence-electron chi connectivity index (χ4n) is 3.71. The minimum Gasteiger partial charge on any atom is -0.481 e. The number of nitrogens with zero attached hydrogens (tertiary/aromatic N) is 2. The summed E-state index contributed by atoms with van der Waals surface area (Å²) in [5.74, 6) is 0.824. The number of carboxylic acids is 1. The van der Waals surface area contributed by atoms with Crippen LogP contribution in [0, 0.1) is 12.8 Å². The van der Waals surface area contributed by atoms with Gasteiger partial charge in [0.2, 0.25) is 0 Å². The molecule has 1 aromatic carbocycles. The first kappa shape index (κ1) is 16.7. The maximum atomic E-state index is 10.8. The maximum Gasteiger partial charge on any atom is 0.303 e. The summed E-state index contributed by atoms with van der Waals surface area (Å²) >= 11 is 0. The van der Waals surface area contributed by atoms with Crippen molar-refractivity contribution in [3.05, 3.63) is 41.1 Å². The number of aliphatic imine (C=N–C) groups is 1. The second-order valence-corrected chi connectivity index (χ2v) is 6.99. The van der Waals surface area contributed by atoms with Crippen LogP contribution in [0.4, 0.5) is 0 Å². The average molecular weight is 326 g/mol. The molecular formula is C20H26N2O2. The number of amidine groups is 1. The summed E-state index contributed by atoms with van der Waals surface area (Å²) in [4.78, 5) is 18.1. The summed E-state index contributed by atoms with van der Waals surface area (Å²) in [7, 11) is 0. The molecule has 0 bridgehead atoms. The Kier molecular flexibility index (Phi) is 5.03. The Bertz CT molecular complexity index is 665. The van der Waals surface area contributed by atoms with Crippen molar-refractivity contribution in [2.75, 3.05) is 13.1 Å². The van der Waals surface area contributed by atoms with Gasteiger partial charge in [0.1, 0.15) is 5.84 Å². The Hall–Kier alpha value is -2.10. The Labute approximate surface area is 143 Å². The van der Waals surface area contributed by atoms with Gasteiger partial charge in [0.15, 0.2) is 0 Å². The molecule has 24 heavy (non-hydrogen) atoms. The van der Waals surface area contributed by atoms with Crippen LogP contribution in [0.2, 0.25) is 0 Å². The Morgan fingerprint density at radius 3 is 2.42 bits per heavy atom. The van der Waals surface area contributed by atoms with Crippen molar-refractivity contribution in [2.45, 2.75) is 46.0 Å². The molecule has 0 unspecified atom stereocenters. The molecule has 0 saturated carbocycles. The topological polar surface area (TPSA) is 52.9 Å². The third kappa shape index (κ3) is 3.86. The van der Waals surface area contributed by atoms with Gasteiger partial charge in [-0.15, -0.1) is 0 Å². The van der Waals surface area contributed by atoms with Gasteiger partial charge in [0, 0.05) is 31.6 Å². The Morgan fingerprint density at radius 2 is 1.83 bits per heavy atom. The number of aryl methyl sites for hydroxylation is 1. The summed E-state index contributed by atoms with van der Waals surface area (Å²) < 4.78 is 0. The zero-order chi connectivity index (χ0) is 17.1. The van der Waals surface area contributed by atoms with Gasteiger partial charge in [0.25, 0.3) is 0 Å². The van der Waals surface area contributed by atoms with Gasteiger partial charge in [-0.05, 0) is 50.2 Å². The summed E-state index contributed by atoms with van der Waals surface area (Å²) in [5, 5.41) is 8.93. The van der Waals surface area contributed by atoms with E-state index >= 15 is 0 Å². The van der Waals surface area contributed by atoms with Crippen LogP contribution in [-0.2, 0) is 4.79 Å². The highest BCUT2D eigenvalue weighted by Gasteiger charge is 2.25. The van der Waals surface area contributed by atoms with E-state index in [1.165, 1.54) is 22.5 Å². The standard InChI is InChI=1S/C20H26N2O2/c1-14-3-5-17(6-4-14)18-7-8-19(21-15(18)2)22-11-9-16(10-12-22)13-20(23)24/h3-6,16H,7-13H2,1-2H3,(H,23,24). The van der Waals surface area contributed by atoms with E-state index in [-0.39, 0.29) is 0 Å². The maximum absolute atomic E-state index is 10.8. The molecule has 2 heterocycles. The second kappa shape index (κ2) is 7.20. The molecule has 0 radical (unpaired) electrons. The van der Waals surface area contributed by atoms with Gasteiger partial charge in [-0.2, -0.15) is 0 Å². The minimum atomic E-state index is -0.676. The van der Waals surface area contributed by atoms with Crippen LogP contribution in [0.1, 0.15) is 50.2 Å². The van der Waals surface area contributed by atoms with E-state index in [1.807, 2.05) is 0 Å². The lowest BCUT2D eigenvalue weighted by Crippen LogP contribution is -2.39. The summed E-state index contributed by atoms with van der Waals surface area (Å²) in [6, 6.07) is 8.68. The number of carboxylic acid groups (broad SMARTS) is 1. The Morgan fingerprint density at radius 1 is 1.17 bits per heavy atom. The molecule has 1 fully saturated rings. The predicted molar refractivity (Wildman–Crippen MR) is 97.0 cm³/mol. The SMILES string of the molecule is CC1=C(c2ccc(C)cc2)CCC(N2CCC(CC(=O)O)CC2)=N1. The number of allylic oxidation sites excluding steroid dienone is 2. The largest absolute Gasteiger partial charge is 0.481 e. The highest BCUT2D eigenvalue weighted by Crippen LogP contribution is 2.31. The van der Waals surface area contributed by atoms with Crippen LogP contribution < -0.4 is 0 Å². The van der Waals surface area contributed by atoms with E-state index in [1.54, 1.807) is 0 Å². The summed E-state index contributed by atoms with van der Waals surface area (Å²) in [6.07, 6.45) is 4.22. The number of carbonyl (C=O) groups is 1. The smallest absolute Gasteiger partial charge is 0.303 e. The first-order valence-corrected chi connectivity index (χ1v) is 8.84. The zero-order valence-electron chi connectivity index (χ0n) is 14.6. The lowest BCUT2D eigenvalue weighted by molar-refractivity contribution is -0.138. The molecule has 4 heteroatoms. The van der Waals surface area contributed by atoms with Crippen LogP contribution in [0.15, 0.2) is 35.0 Å². The number of hydrogen-bond acceptors (Lipinski definition) is 3. The number of hydrogen-bond donors (Lipinski definition) is 1. The van der Waals surface area contributed by atoms with Crippen molar-refractivity contribution >= 4 is 17.4 Å². The van der Waals surface area contributed by atoms with Crippen molar-refractivity contribution in [2.24, 2.45) is 10.9 Å². The highest BCUT2D eigenvalue weighted by molar-refractivity contribution is 5.89. The fraction of sp³-hybridized carbons (Fsp3) is 0.500. The van der Waals surface area contributed by atoms with Crippen molar-refractivity contribution in [1.29, 1.82) is 0 Å². The minimum absolute atomic E-state index is 0.302. The lowest BCUT2D eigenvalue weighted by Gasteiger charge is -2.35. The number of likely N-dealkylation sites (tertiary alicyclic amines) is 1. The number of rotatable bonds is 3. The normalized spacial score (nSPS) is 19.4. The molecule has 0 spiro atoms. The van der Waals surface area contributed by atoms with Crippen LogP contribution >= 0.6 is 0 Å². The lowest BCUT2D eigenvalue weighted by atomic mass is 9.92. The van der Waals surface area contributed by atoms with E-state index in [0.717, 1.165) is 44.5 Å². The third-order valence-electron chi connectivity index (χ3n) is 5.17. The van der Waals surface area contributed by atoms with E-state index in [2.05, 4.69) is 43.0 Å². The van der Waals surface area contributed by atoms with E-state index in [4.69, 9.17) is 10.1 Å². The van der Waals surface area contributed by atoms with Gasteiger partial charge >= 0.3 is 5.97 Å². The fourth-order valence-corrected chi connectivity index (χ4v) is 3.71. The van der Waals surface area contributed by atoms with E-state index in [0.29, 0.717) is 12.3 Å². The van der Waals surface area contributed by atoms with Gasteiger partial charge in [-0.3, -0.25) is 4.79 Å². The number of aliphatic carboxylic acids is 1. The molecule has 2 aliphatic rings. The molecule has 1 aromatic rings. The monoisotopic (exact) mass is 326 g/mol. The predicted octanol–water partition coefficient (Wildman–Crippen LogP) is 4.11. The zero-order valence-corrected chi connectivity index (χ0v) is 14.6. The molecule has 3 rings (SSSR count). The molecule has 1 N–H and O–H groups in total. The number of piperidine rings is 1. The van der Waals surface area contributed by atoms with Gasteiger partial charge in [0.05, 0.1) is 0 Å². The quantitative estimate of drug-likeness (QED) is 0.909. The molecule has 0 aromatic heterocycles. The van der Waals surface area contributed by atoms with Crippen molar-refractivity contribution in [3.63, 3.8) is 0 Å². The molecule has 0 aliphatic carbocycles. The number of benzene rings is 1. The van der Waals surface area contributed by atoms with Crippen LogP contribution in [-0.4, -0.2) is 34.9 Å². The highest BCUT2D eigenvalue weighted by atomic mass is 16.4. The molecule has 0 atom stereocenters. The first-order valence-electron chi connectivity index (χ1n) is 8.84. The van der Waals surface area contributed by atoms with Crippen molar-refractivity contribution < 1.29 is 9.90 Å². The van der Waals surface area contributed by atoms with Gasteiger partial charge < -0.3 is 10.0 Å². The molecule has 2 aliphatic heterocycles. The van der Waals surface area contributed by atoms with Crippen molar-refractivity contribution in [1.82, 2.24) is 4.90 Å². The summed E-state index contributed by atoms with van der Waals surface area (Å²) in [6.45, 7) is 6.08. The van der Waals surface area contributed by atoms with Gasteiger partial charge in [-0.1, -0.05) is 29.8 Å². The van der Waals surface area contributed by atoms with Crippen LogP contribution in [0.25, 0.3) is 5.57 Å². The second-order valence-electron chi connectivity index (χ2n) is 6.99. The molecule has 1 saturated heterocycles. The third-order valence-corrected chi connectivity index (χ3v) is 5.17. The van der Waals surface area contributed by atoms with E-state index in [9.17, 15) is 4.79 Å². The molecule has 128 valence electrons. The van der Waals surface area contributed by atoms with E-state index < -0.39 is 5.97 Å². The van der Waals surface area contributed by atoms with Crippen LogP contribution in [0.5, 0.6) is 0 Å². The first-order chi connectivity index (χ1) is 11.5. The van der Waals surface area contributed by atoms with Gasteiger partial charge in [-0.25, -0.2) is 4.99 Å². The molecule has 0 amide bonds. The molecular weight excluding hydrogens is 300 g/mol. The average Bonchev–Trinajstić information content (AvgIpc) is 2.56. The van der Waals surface area contributed by atoms with Crippen LogP contribution in [0.3, 0.4) is 0 Å².